The van der Waals surface area contributed by atoms with Crippen molar-refractivity contribution >= 4 is 5.69 Å². The van der Waals surface area contributed by atoms with E-state index in [1.807, 2.05) is 24.7 Å². The number of morpholine rings is 1. The van der Waals surface area contributed by atoms with Crippen LogP contribution < -0.4 is 9.64 Å². The normalized spacial score (nSPS) is 24.2. The second-order valence-corrected chi connectivity index (χ2v) is 7.46. The van der Waals surface area contributed by atoms with Crippen LogP contribution in [0.25, 0.3) is 0 Å². The first-order valence-electron chi connectivity index (χ1n) is 9.38. The first kappa shape index (κ1) is 17.4. The van der Waals surface area contributed by atoms with Gasteiger partial charge < -0.3 is 18.9 Å². The molecular weight excluding hydrogens is 328 g/mol. The lowest BCUT2D eigenvalue weighted by Gasteiger charge is -2.48. The SMILES string of the molecule is COc1ccc(N2CCC[C@@]3(CN(Cc4cncn4C)CCO3)C2)cc1. The highest BCUT2D eigenvalue weighted by atomic mass is 16.5. The van der Waals surface area contributed by atoms with Crippen molar-refractivity contribution in [3.8, 4) is 5.75 Å². The van der Waals surface area contributed by atoms with E-state index in [-0.39, 0.29) is 5.60 Å². The van der Waals surface area contributed by atoms with E-state index in [4.69, 9.17) is 9.47 Å². The van der Waals surface area contributed by atoms with Crippen LogP contribution in [-0.2, 0) is 18.3 Å². The van der Waals surface area contributed by atoms with Gasteiger partial charge in [-0.3, -0.25) is 4.90 Å². The van der Waals surface area contributed by atoms with Crippen molar-refractivity contribution in [2.24, 2.45) is 7.05 Å². The van der Waals surface area contributed by atoms with Crippen molar-refractivity contribution in [1.29, 1.82) is 0 Å². The van der Waals surface area contributed by atoms with Gasteiger partial charge >= 0.3 is 0 Å². The van der Waals surface area contributed by atoms with E-state index in [1.54, 1.807) is 7.11 Å². The summed E-state index contributed by atoms with van der Waals surface area (Å²) in [7, 11) is 3.77. The van der Waals surface area contributed by atoms with Crippen LogP contribution in [0.2, 0.25) is 0 Å². The monoisotopic (exact) mass is 356 g/mol. The summed E-state index contributed by atoms with van der Waals surface area (Å²) in [5.74, 6) is 0.900. The number of nitrogens with zero attached hydrogens (tertiary/aromatic N) is 4. The molecule has 1 spiro atoms. The molecule has 2 aliphatic rings. The number of methoxy groups -OCH3 is 1. The van der Waals surface area contributed by atoms with Gasteiger partial charge in [-0.15, -0.1) is 0 Å². The Hall–Kier alpha value is -2.05. The van der Waals surface area contributed by atoms with Gasteiger partial charge in [0.25, 0.3) is 0 Å². The summed E-state index contributed by atoms with van der Waals surface area (Å²) >= 11 is 0. The van der Waals surface area contributed by atoms with Crippen molar-refractivity contribution in [2.45, 2.75) is 25.0 Å². The third-order valence-electron chi connectivity index (χ3n) is 5.61. The smallest absolute Gasteiger partial charge is 0.119 e. The van der Waals surface area contributed by atoms with E-state index >= 15 is 0 Å². The molecule has 2 saturated heterocycles. The molecule has 26 heavy (non-hydrogen) atoms. The predicted molar refractivity (Wildman–Crippen MR) is 102 cm³/mol. The van der Waals surface area contributed by atoms with Gasteiger partial charge in [-0.05, 0) is 37.1 Å². The van der Waals surface area contributed by atoms with E-state index in [9.17, 15) is 0 Å². The maximum atomic E-state index is 6.35. The summed E-state index contributed by atoms with van der Waals surface area (Å²) in [6.45, 7) is 5.72. The number of imidazole rings is 1. The molecule has 2 aromatic rings. The Morgan fingerprint density at radius 3 is 2.77 bits per heavy atom. The van der Waals surface area contributed by atoms with Crippen LogP contribution in [0, 0.1) is 0 Å². The number of anilines is 1. The minimum absolute atomic E-state index is 0.0744. The van der Waals surface area contributed by atoms with Crippen molar-refractivity contribution < 1.29 is 9.47 Å². The van der Waals surface area contributed by atoms with Crippen molar-refractivity contribution in [2.75, 3.05) is 44.8 Å². The topological polar surface area (TPSA) is 42.8 Å². The van der Waals surface area contributed by atoms with Crippen LogP contribution in [0.5, 0.6) is 5.75 Å². The molecule has 0 bridgehead atoms. The lowest BCUT2D eigenvalue weighted by atomic mass is 9.90. The summed E-state index contributed by atoms with van der Waals surface area (Å²) in [4.78, 5) is 9.21. The van der Waals surface area contributed by atoms with Crippen molar-refractivity contribution in [3.05, 3.63) is 42.5 Å². The van der Waals surface area contributed by atoms with Gasteiger partial charge in [0.05, 0.1) is 31.3 Å². The van der Waals surface area contributed by atoms with Gasteiger partial charge in [0.2, 0.25) is 0 Å². The number of piperidine rings is 1. The van der Waals surface area contributed by atoms with Crippen LogP contribution >= 0.6 is 0 Å². The highest BCUT2D eigenvalue weighted by Crippen LogP contribution is 2.32. The third kappa shape index (κ3) is 3.57. The lowest BCUT2D eigenvalue weighted by Crippen LogP contribution is -2.59. The number of aryl methyl sites for hydroxylation is 1. The van der Waals surface area contributed by atoms with Crippen molar-refractivity contribution in [1.82, 2.24) is 14.5 Å². The summed E-state index contributed by atoms with van der Waals surface area (Å²) in [6.07, 6.45) is 6.12. The quantitative estimate of drug-likeness (QED) is 0.841. The molecule has 0 unspecified atom stereocenters. The van der Waals surface area contributed by atoms with Gasteiger partial charge in [0, 0.05) is 51.7 Å². The van der Waals surface area contributed by atoms with Crippen LogP contribution in [0.15, 0.2) is 36.8 Å². The molecule has 0 saturated carbocycles. The fraction of sp³-hybridized carbons (Fsp3) is 0.550. The Balaban J connectivity index is 1.45. The average Bonchev–Trinajstić information content (AvgIpc) is 3.06. The van der Waals surface area contributed by atoms with E-state index in [2.05, 4.69) is 38.5 Å². The highest BCUT2D eigenvalue weighted by molar-refractivity contribution is 5.50. The summed E-state index contributed by atoms with van der Waals surface area (Å²) in [5.41, 5.74) is 2.43. The Kier molecular flexibility index (Phi) is 4.87. The molecule has 6 nitrogen and oxygen atoms in total. The second-order valence-electron chi connectivity index (χ2n) is 7.46. The van der Waals surface area contributed by atoms with E-state index in [0.29, 0.717) is 0 Å². The van der Waals surface area contributed by atoms with Gasteiger partial charge in [-0.1, -0.05) is 0 Å². The molecule has 2 fully saturated rings. The molecule has 0 amide bonds. The standard InChI is InChI=1S/C20H28N4O2/c1-22-16-21-12-18(22)13-23-10-11-26-20(14-23)8-3-9-24(15-20)17-4-6-19(25-2)7-5-17/h4-7,12,16H,3,8-11,13-15H2,1-2H3/t20-/m1/s1. The number of rotatable bonds is 4. The molecule has 6 heteroatoms. The third-order valence-corrected chi connectivity index (χ3v) is 5.61. The molecule has 0 N–H and O–H groups in total. The molecule has 1 aromatic carbocycles. The fourth-order valence-corrected chi connectivity index (χ4v) is 4.18. The summed E-state index contributed by atoms with van der Waals surface area (Å²) in [5, 5.41) is 0. The molecule has 0 aliphatic carbocycles. The molecular formula is C20H28N4O2. The maximum absolute atomic E-state index is 6.35. The molecule has 2 aliphatic heterocycles. The molecule has 0 radical (unpaired) electrons. The zero-order valence-corrected chi connectivity index (χ0v) is 15.7. The Morgan fingerprint density at radius 2 is 2.04 bits per heavy atom. The molecule has 140 valence electrons. The Morgan fingerprint density at radius 1 is 1.19 bits per heavy atom. The van der Waals surface area contributed by atoms with Gasteiger partial charge in [-0.2, -0.15) is 0 Å². The van der Waals surface area contributed by atoms with Crippen LogP contribution in [-0.4, -0.2) is 59.9 Å². The largest absolute Gasteiger partial charge is 0.497 e. The number of ether oxygens (including phenoxy) is 2. The number of benzene rings is 1. The average molecular weight is 356 g/mol. The summed E-state index contributed by atoms with van der Waals surface area (Å²) in [6, 6.07) is 8.36. The van der Waals surface area contributed by atoms with E-state index in [1.165, 1.54) is 11.4 Å². The second kappa shape index (κ2) is 7.29. The van der Waals surface area contributed by atoms with Crippen LogP contribution in [0.1, 0.15) is 18.5 Å². The van der Waals surface area contributed by atoms with Gasteiger partial charge in [-0.25, -0.2) is 4.98 Å². The lowest BCUT2D eigenvalue weighted by molar-refractivity contribution is -0.116. The molecule has 1 atom stereocenters. The Bertz CT molecular complexity index is 726. The summed E-state index contributed by atoms with van der Waals surface area (Å²) < 4.78 is 13.7. The number of hydrogen-bond acceptors (Lipinski definition) is 5. The van der Waals surface area contributed by atoms with E-state index in [0.717, 1.165) is 57.9 Å². The predicted octanol–water partition coefficient (Wildman–Crippen LogP) is 2.30. The minimum Gasteiger partial charge on any atom is -0.497 e. The zero-order chi connectivity index (χ0) is 18.0. The highest BCUT2D eigenvalue weighted by Gasteiger charge is 2.40. The molecule has 3 heterocycles. The van der Waals surface area contributed by atoms with Crippen molar-refractivity contribution in [3.63, 3.8) is 0 Å². The first-order valence-corrected chi connectivity index (χ1v) is 9.38. The zero-order valence-electron chi connectivity index (χ0n) is 15.7. The van der Waals surface area contributed by atoms with Gasteiger partial charge in [0.1, 0.15) is 5.75 Å². The first-order chi connectivity index (χ1) is 12.7. The number of aromatic nitrogens is 2. The van der Waals surface area contributed by atoms with Gasteiger partial charge in [0.15, 0.2) is 0 Å². The number of hydrogen-bond donors (Lipinski definition) is 0. The molecule has 4 rings (SSSR count). The van der Waals surface area contributed by atoms with Crippen LogP contribution in [0.4, 0.5) is 5.69 Å². The Labute approximate surface area is 155 Å². The minimum atomic E-state index is -0.0744. The maximum Gasteiger partial charge on any atom is 0.119 e. The van der Waals surface area contributed by atoms with E-state index < -0.39 is 0 Å². The fourth-order valence-electron chi connectivity index (χ4n) is 4.18. The molecule has 1 aromatic heterocycles. The van der Waals surface area contributed by atoms with Crippen LogP contribution in [0.3, 0.4) is 0 Å².